The highest BCUT2D eigenvalue weighted by Gasteiger charge is 2.41. The van der Waals surface area contributed by atoms with Crippen molar-refractivity contribution in [2.24, 2.45) is 5.41 Å². The maximum atomic E-state index is 12.0. The Bertz CT molecular complexity index is 512. The van der Waals surface area contributed by atoms with Crippen LogP contribution in [0.3, 0.4) is 0 Å². The summed E-state index contributed by atoms with van der Waals surface area (Å²) in [6.07, 6.45) is 5.93. The van der Waals surface area contributed by atoms with Crippen molar-refractivity contribution in [3.8, 4) is 0 Å². The molecule has 6 heteroatoms. The highest BCUT2D eigenvalue weighted by atomic mass is 35.5. The van der Waals surface area contributed by atoms with Gasteiger partial charge in [-0.1, -0.05) is 18.5 Å². The van der Waals surface area contributed by atoms with Crippen LogP contribution in [0.2, 0.25) is 5.02 Å². The predicted octanol–water partition coefficient (Wildman–Crippen LogP) is 2.54. The van der Waals surface area contributed by atoms with Gasteiger partial charge in [-0.05, 0) is 31.1 Å². The monoisotopic (exact) mass is 299 g/mol. The Hall–Kier alpha value is -1.07. The van der Waals surface area contributed by atoms with E-state index in [2.05, 4.69) is 10.4 Å². The molecule has 0 aromatic carbocycles. The van der Waals surface area contributed by atoms with Crippen molar-refractivity contribution in [3.63, 3.8) is 0 Å². The largest absolute Gasteiger partial charge is 0.385 e. The van der Waals surface area contributed by atoms with E-state index in [0.717, 1.165) is 26.0 Å². The molecule has 2 rings (SSSR count). The van der Waals surface area contributed by atoms with Crippen LogP contribution in [0.5, 0.6) is 0 Å². The van der Waals surface area contributed by atoms with Gasteiger partial charge >= 0.3 is 0 Å². The van der Waals surface area contributed by atoms with E-state index >= 15 is 0 Å². The first-order chi connectivity index (χ1) is 9.62. The third kappa shape index (κ3) is 3.52. The Morgan fingerprint density at radius 1 is 1.55 bits per heavy atom. The molecular formula is C14H22ClN3O2. The quantitative estimate of drug-likeness (QED) is 0.801. The van der Waals surface area contributed by atoms with Crippen LogP contribution in [-0.4, -0.2) is 30.0 Å². The number of nitrogens with zero attached hydrogens (tertiary/aromatic N) is 2. The number of hydrogen-bond acceptors (Lipinski definition) is 4. The predicted molar refractivity (Wildman–Crippen MR) is 80.4 cm³/mol. The number of anilines is 1. The van der Waals surface area contributed by atoms with Crippen LogP contribution in [0.15, 0.2) is 11.0 Å². The molecule has 0 unspecified atom stereocenters. The number of methoxy groups -OCH3 is 1. The van der Waals surface area contributed by atoms with E-state index in [1.165, 1.54) is 17.5 Å². The van der Waals surface area contributed by atoms with Gasteiger partial charge in [0.25, 0.3) is 5.56 Å². The molecule has 1 N–H and O–H groups in total. The summed E-state index contributed by atoms with van der Waals surface area (Å²) in [5, 5.41) is 7.65. The van der Waals surface area contributed by atoms with Crippen molar-refractivity contribution in [2.75, 3.05) is 25.6 Å². The second-order valence-electron chi connectivity index (χ2n) is 5.50. The fraction of sp³-hybridized carbons (Fsp3) is 0.714. The van der Waals surface area contributed by atoms with Crippen molar-refractivity contribution in [1.29, 1.82) is 0 Å². The molecule has 5 nitrogen and oxygen atoms in total. The zero-order valence-corrected chi connectivity index (χ0v) is 12.9. The molecule has 1 aromatic heterocycles. The number of hydrogen-bond donors (Lipinski definition) is 1. The standard InChI is InChI=1S/C14H22ClN3O2/c1-3-7-18-13(19)12(15)11(9-17-18)16-10-14(4-5-14)6-8-20-2/h9,16H,3-8,10H2,1-2H3. The Morgan fingerprint density at radius 2 is 2.30 bits per heavy atom. The summed E-state index contributed by atoms with van der Waals surface area (Å²) in [5.41, 5.74) is 0.713. The van der Waals surface area contributed by atoms with E-state index in [4.69, 9.17) is 16.3 Å². The highest BCUT2D eigenvalue weighted by Crippen LogP contribution is 2.48. The van der Waals surface area contributed by atoms with Crippen molar-refractivity contribution >= 4 is 17.3 Å². The minimum atomic E-state index is -0.222. The van der Waals surface area contributed by atoms with E-state index in [9.17, 15) is 4.79 Å². The second kappa shape index (κ2) is 6.59. The zero-order chi connectivity index (χ0) is 14.6. The van der Waals surface area contributed by atoms with Gasteiger partial charge in [-0.2, -0.15) is 5.10 Å². The molecule has 1 aromatic rings. The number of ether oxygens (including phenoxy) is 1. The molecule has 0 radical (unpaired) electrons. The van der Waals surface area contributed by atoms with Crippen LogP contribution in [0.1, 0.15) is 32.6 Å². The van der Waals surface area contributed by atoms with Gasteiger partial charge in [-0.15, -0.1) is 0 Å². The molecule has 0 atom stereocenters. The highest BCUT2D eigenvalue weighted by molar-refractivity contribution is 6.32. The lowest BCUT2D eigenvalue weighted by Crippen LogP contribution is -2.25. The van der Waals surface area contributed by atoms with E-state index in [1.807, 2.05) is 6.92 Å². The van der Waals surface area contributed by atoms with Crippen LogP contribution in [0, 0.1) is 5.41 Å². The van der Waals surface area contributed by atoms with Crippen LogP contribution >= 0.6 is 11.6 Å². The number of nitrogens with one attached hydrogen (secondary N) is 1. The van der Waals surface area contributed by atoms with Crippen molar-refractivity contribution in [3.05, 3.63) is 21.6 Å². The van der Waals surface area contributed by atoms with E-state index in [1.54, 1.807) is 13.3 Å². The Labute approximate surface area is 124 Å². The molecule has 1 heterocycles. The van der Waals surface area contributed by atoms with Gasteiger partial charge in [0.15, 0.2) is 0 Å². The fourth-order valence-corrected chi connectivity index (χ4v) is 2.47. The molecule has 20 heavy (non-hydrogen) atoms. The van der Waals surface area contributed by atoms with Crippen LogP contribution in [0.4, 0.5) is 5.69 Å². The first-order valence-corrected chi connectivity index (χ1v) is 7.48. The molecular weight excluding hydrogens is 278 g/mol. The third-order valence-electron chi connectivity index (χ3n) is 3.87. The second-order valence-corrected chi connectivity index (χ2v) is 5.87. The lowest BCUT2D eigenvalue weighted by atomic mass is 10.0. The van der Waals surface area contributed by atoms with Gasteiger partial charge in [0.1, 0.15) is 5.02 Å². The number of rotatable bonds is 8. The lowest BCUT2D eigenvalue weighted by Gasteiger charge is -2.17. The minimum Gasteiger partial charge on any atom is -0.385 e. The smallest absolute Gasteiger partial charge is 0.287 e. The first-order valence-electron chi connectivity index (χ1n) is 7.10. The van der Waals surface area contributed by atoms with Crippen LogP contribution in [0.25, 0.3) is 0 Å². The summed E-state index contributed by atoms with van der Waals surface area (Å²) in [7, 11) is 1.72. The zero-order valence-electron chi connectivity index (χ0n) is 12.1. The van der Waals surface area contributed by atoms with Gasteiger partial charge in [0.2, 0.25) is 0 Å². The molecule has 1 fully saturated rings. The first kappa shape index (κ1) is 15.3. The van der Waals surface area contributed by atoms with Crippen molar-refractivity contribution in [1.82, 2.24) is 9.78 Å². The topological polar surface area (TPSA) is 56.1 Å². The molecule has 1 aliphatic carbocycles. The maximum absolute atomic E-state index is 12.0. The normalized spacial score (nSPS) is 16.1. The van der Waals surface area contributed by atoms with Crippen molar-refractivity contribution < 1.29 is 4.74 Å². The SMILES string of the molecule is CCCn1ncc(NCC2(CCOC)CC2)c(Cl)c1=O. The molecule has 1 aliphatic rings. The summed E-state index contributed by atoms with van der Waals surface area (Å²) in [6.45, 7) is 4.18. The summed E-state index contributed by atoms with van der Waals surface area (Å²) >= 11 is 6.13. The summed E-state index contributed by atoms with van der Waals surface area (Å²) < 4.78 is 6.54. The third-order valence-corrected chi connectivity index (χ3v) is 4.23. The van der Waals surface area contributed by atoms with Gasteiger partial charge in [-0.25, -0.2) is 4.68 Å². The number of aromatic nitrogens is 2. The molecule has 0 spiro atoms. The molecule has 1 saturated carbocycles. The van der Waals surface area contributed by atoms with E-state index in [-0.39, 0.29) is 10.6 Å². The summed E-state index contributed by atoms with van der Waals surface area (Å²) in [5.74, 6) is 0. The van der Waals surface area contributed by atoms with E-state index in [0.29, 0.717) is 17.6 Å². The van der Waals surface area contributed by atoms with Gasteiger partial charge in [0.05, 0.1) is 11.9 Å². The summed E-state index contributed by atoms with van der Waals surface area (Å²) in [6, 6.07) is 0. The van der Waals surface area contributed by atoms with Crippen LogP contribution in [-0.2, 0) is 11.3 Å². The molecule has 112 valence electrons. The Kier molecular flexibility index (Phi) is 5.05. The lowest BCUT2D eigenvalue weighted by molar-refractivity contribution is 0.175. The van der Waals surface area contributed by atoms with Crippen molar-refractivity contribution in [2.45, 2.75) is 39.2 Å². The van der Waals surface area contributed by atoms with Crippen LogP contribution < -0.4 is 10.9 Å². The van der Waals surface area contributed by atoms with Gasteiger partial charge < -0.3 is 10.1 Å². The number of aryl methyl sites for hydroxylation is 1. The summed E-state index contributed by atoms with van der Waals surface area (Å²) in [4.78, 5) is 12.0. The Balaban J connectivity index is 2.00. The van der Waals surface area contributed by atoms with Gasteiger partial charge in [-0.3, -0.25) is 4.79 Å². The molecule has 0 bridgehead atoms. The maximum Gasteiger partial charge on any atom is 0.287 e. The number of halogens is 1. The molecule has 0 saturated heterocycles. The Morgan fingerprint density at radius 3 is 2.90 bits per heavy atom. The fourth-order valence-electron chi connectivity index (χ4n) is 2.25. The van der Waals surface area contributed by atoms with E-state index < -0.39 is 0 Å². The molecule has 0 aliphatic heterocycles. The minimum absolute atomic E-state index is 0.222. The average molecular weight is 300 g/mol. The average Bonchev–Trinajstić information content (AvgIpc) is 3.22. The molecule has 0 amide bonds. The van der Waals surface area contributed by atoms with Gasteiger partial charge in [0, 0.05) is 26.8 Å².